The Morgan fingerprint density at radius 3 is 2.63 bits per heavy atom. The van der Waals surface area contributed by atoms with Crippen molar-refractivity contribution < 1.29 is 8.42 Å². The van der Waals surface area contributed by atoms with E-state index < -0.39 is 10.2 Å². The topological polar surface area (TPSA) is 75.4 Å². The first kappa shape index (κ1) is 15.9. The number of hydrogen-bond acceptors (Lipinski definition) is 3. The SMILES string of the molecule is CC(C)N(C)S(=O)(=O)Nc1cccc(CCCN)c1. The molecule has 5 nitrogen and oxygen atoms in total. The second-order valence-electron chi connectivity index (χ2n) is 4.81. The summed E-state index contributed by atoms with van der Waals surface area (Å²) < 4.78 is 28.0. The maximum absolute atomic E-state index is 12.1. The minimum absolute atomic E-state index is 0.0853. The number of nitrogens with two attached hydrogens (primary N) is 1. The van der Waals surface area contributed by atoms with Gasteiger partial charge in [0.25, 0.3) is 0 Å². The minimum Gasteiger partial charge on any atom is -0.330 e. The summed E-state index contributed by atoms with van der Waals surface area (Å²) in [7, 11) is -1.93. The monoisotopic (exact) mass is 285 g/mol. The number of nitrogens with zero attached hydrogens (tertiary/aromatic N) is 1. The largest absolute Gasteiger partial charge is 0.330 e. The van der Waals surface area contributed by atoms with Gasteiger partial charge in [0.05, 0.1) is 5.69 Å². The maximum atomic E-state index is 12.1. The molecule has 0 heterocycles. The number of benzene rings is 1. The molecule has 0 bridgehead atoms. The molecule has 19 heavy (non-hydrogen) atoms. The molecule has 0 amide bonds. The van der Waals surface area contributed by atoms with Gasteiger partial charge >= 0.3 is 10.2 Å². The van der Waals surface area contributed by atoms with Crippen LogP contribution in [-0.2, 0) is 16.6 Å². The Labute approximate surface area is 116 Å². The van der Waals surface area contributed by atoms with E-state index in [1.807, 2.05) is 32.0 Å². The average molecular weight is 285 g/mol. The highest BCUT2D eigenvalue weighted by Crippen LogP contribution is 2.15. The van der Waals surface area contributed by atoms with Gasteiger partial charge in [0.2, 0.25) is 0 Å². The zero-order valence-corrected chi connectivity index (χ0v) is 12.6. The highest BCUT2D eigenvalue weighted by Gasteiger charge is 2.20. The van der Waals surface area contributed by atoms with Crippen molar-refractivity contribution in [3.63, 3.8) is 0 Å². The molecule has 0 atom stereocenters. The van der Waals surface area contributed by atoms with Crippen molar-refractivity contribution in [2.24, 2.45) is 5.73 Å². The standard InChI is InChI=1S/C13H23N3O2S/c1-11(2)16(3)19(17,18)15-13-8-4-6-12(10-13)7-5-9-14/h4,6,8,10-11,15H,5,7,9,14H2,1-3H3. The molecule has 0 aliphatic rings. The van der Waals surface area contributed by atoms with Crippen LogP contribution in [0.5, 0.6) is 0 Å². The van der Waals surface area contributed by atoms with Gasteiger partial charge in [-0.1, -0.05) is 12.1 Å². The Kier molecular flexibility index (Phi) is 5.78. The van der Waals surface area contributed by atoms with Gasteiger partial charge in [-0.3, -0.25) is 4.72 Å². The van der Waals surface area contributed by atoms with E-state index >= 15 is 0 Å². The van der Waals surface area contributed by atoms with Crippen LogP contribution in [0.25, 0.3) is 0 Å². The van der Waals surface area contributed by atoms with Crippen molar-refractivity contribution in [3.05, 3.63) is 29.8 Å². The second-order valence-corrected chi connectivity index (χ2v) is 6.54. The van der Waals surface area contributed by atoms with E-state index in [1.54, 1.807) is 13.1 Å². The predicted octanol–water partition coefficient (Wildman–Crippen LogP) is 1.57. The van der Waals surface area contributed by atoms with Crippen LogP contribution in [0.4, 0.5) is 5.69 Å². The Morgan fingerprint density at radius 1 is 1.37 bits per heavy atom. The first-order valence-electron chi connectivity index (χ1n) is 6.41. The van der Waals surface area contributed by atoms with Gasteiger partial charge in [0, 0.05) is 13.1 Å². The van der Waals surface area contributed by atoms with Gasteiger partial charge < -0.3 is 5.73 Å². The van der Waals surface area contributed by atoms with Crippen molar-refractivity contribution in [1.82, 2.24) is 4.31 Å². The van der Waals surface area contributed by atoms with Crippen molar-refractivity contribution in [2.75, 3.05) is 18.3 Å². The molecule has 6 heteroatoms. The van der Waals surface area contributed by atoms with Crippen LogP contribution >= 0.6 is 0 Å². The lowest BCUT2D eigenvalue weighted by atomic mass is 10.1. The lowest BCUT2D eigenvalue weighted by molar-refractivity contribution is 0.414. The number of anilines is 1. The van der Waals surface area contributed by atoms with Gasteiger partial charge in [-0.2, -0.15) is 12.7 Å². The van der Waals surface area contributed by atoms with Gasteiger partial charge in [0.15, 0.2) is 0 Å². The number of hydrogen-bond donors (Lipinski definition) is 2. The Balaban J connectivity index is 2.82. The normalized spacial score (nSPS) is 12.1. The molecule has 0 aliphatic carbocycles. The molecule has 108 valence electrons. The van der Waals surface area contributed by atoms with Crippen molar-refractivity contribution in [1.29, 1.82) is 0 Å². The third kappa shape index (κ3) is 4.81. The quantitative estimate of drug-likeness (QED) is 0.798. The molecule has 0 spiro atoms. The van der Waals surface area contributed by atoms with Crippen molar-refractivity contribution in [3.8, 4) is 0 Å². The fourth-order valence-electron chi connectivity index (χ4n) is 1.59. The van der Waals surface area contributed by atoms with E-state index in [0.29, 0.717) is 12.2 Å². The first-order chi connectivity index (χ1) is 8.86. The molecule has 1 aromatic carbocycles. The Bertz CT molecular complexity index is 500. The molecule has 1 aromatic rings. The summed E-state index contributed by atoms with van der Waals surface area (Å²) >= 11 is 0. The molecule has 0 saturated carbocycles. The highest BCUT2D eigenvalue weighted by atomic mass is 32.2. The summed E-state index contributed by atoms with van der Waals surface area (Å²) in [4.78, 5) is 0. The summed E-state index contributed by atoms with van der Waals surface area (Å²) in [6.07, 6.45) is 1.74. The summed E-state index contributed by atoms with van der Waals surface area (Å²) in [5.74, 6) is 0. The van der Waals surface area contributed by atoms with E-state index in [0.717, 1.165) is 18.4 Å². The molecular weight excluding hydrogens is 262 g/mol. The molecular formula is C13H23N3O2S. The number of nitrogens with one attached hydrogen (secondary N) is 1. The van der Waals surface area contributed by atoms with Crippen LogP contribution in [0.2, 0.25) is 0 Å². The zero-order chi connectivity index (χ0) is 14.5. The maximum Gasteiger partial charge on any atom is 0.301 e. The zero-order valence-electron chi connectivity index (χ0n) is 11.8. The van der Waals surface area contributed by atoms with Gasteiger partial charge in [-0.15, -0.1) is 0 Å². The number of aryl methyl sites for hydroxylation is 1. The number of rotatable bonds is 7. The smallest absolute Gasteiger partial charge is 0.301 e. The van der Waals surface area contributed by atoms with E-state index in [4.69, 9.17) is 5.73 Å². The Morgan fingerprint density at radius 2 is 2.05 bits per heavy atom. The fraction of sp³-hybridized carbons (Fsp3) is 0.538. The van der Waals surface area contributed by atoms with Gasteiger partial charge in [-0.05, 0) is 50.9 Å². The van der Waals surface area contributed by atoms with Crippen molar-refractivity contribution >= 4 is 15.9 Å². The second kappa shape index (κ2) is 6.88. The molecule has 0 saturated heterocycles. The minimum atomic E-state index is -3.49. The van der Waals surface area contributed by atoms with E-state index in [2.05, 4.69) is 4.72 Å². The van der Waals surface area contributed by atoms with Crippen LogP contribution in [0.3, 0.4) is 0 Å². The van der Waals surface area contributed by atoms with Crippen LogP contribution in [0.1, 0.15) is 25.8 Å². The molecule has 0 aliphatic heterocycles. The molecule has 3 N–H and O–H groups in total. The predicted molar refractivity (Wildman–Crippen MR) is 79.3 cm³/mol. The van der Waals surface area contributed by atoms with E-state index in [-0.39, 0.29) is 6.04 Å². The highest BCUT2D eigenvalue weighted by molar-refractivity contribution is 7.90. The summed E-state index contributed by atoms with van der Waals surface area (Å²) in [5, 5.41) is 0. The fourth-order valence-corrected chi connectivity index (χ4v) is 2.72. The lowest BCUT2D eigenvalue weighted by Gasteiger charge is -2.21. The van der Waals surface area contributed by atoms with Gasteiger partial charge in [-0.25, -0.2) is 0 Å². The van der Waals surface area contributed by atoms with Crippen LogP contribution < -0.4 is 10.5 Å². The molecule has 1 rings (SSSR count). The van der Waals surface area contributed by atoms with Gasteiger partial charge in [0.1, 0.15) is 0 Å². The third-order valence-corrected chi connectivity index (χ3v) is 4.62. The first-order valence-corrected chi connectivity index (χ1v) is 7.85. The molecule has 0 aromatic heterocycles. The average Bonchev–Trinajstić information content (AvgIpc) is 2.35. The molecule has 0 fully saturated rings. The summed E-state index contributed by atoms with van der Waals surface area (Å²) in [6, 6.07) is 7.33. The van der Waals surface area contributed by atoms with Crippen LogP contribution in [0.15, 0.2) is 24.3 Å². The third-order valence-electron chi connectivity index (χ3n) is 2.95. The van der Waals surface area contributed by atoms with Crippen LogP contribution in [-0.4, -0.2) is 32.4 Å². The summed E-state index contributed by atoms with van der Waals surface area (Å²) in [5.41, 5.74) is 7.14. The molecule has 0 unspecified atom stereocenters. The van der Waals surface area contributed by atoms with E-state index in [9.17, 15) is 8.42 Å². The summed E-state index contributed by atoms with van der Waals surface area (Å²) in [6.45, 7) is 4.29. The molecule has 0 radical (unpaired) electrons. The lowest BCUT2D eigenvalue weighted by Crippen LogP contribution is -2.37. The van der Waals surface area contributed by atoms with Crippen LogP contribution in [0, 0.1) is 0 Å². The van der Waals surface area contributed by atoms with Crippen molar-refractivity contribution in [2.45, 2.75) is 32.7 Å². The van der Waals surface area contributed by atoms with E-state index in [1.165, 1.54) is 4.31 Å². The Hall–Kier alpha value is -1.11.